The third-order valence-corrected chi connectivity index (χ3v) is 5.75. The van der Waals surface area contributed by atoms with Gasteiger partial charge in [-0.1, -0.05) is 6.92 Å². The molecule has 6 nitrogen and oxygen atoms in total. The molecule has 2 heterocycles. The zero-order valence-corrected chi connectivity index (χ0v) is 15.6. The van der Waals surface area contributed by atoms with E-state index >= 15 is 0 Å². The predicted molar refractivity (Wildman–Crippen MR) is 95.9 cm³/mol. The second-order valence-electron chi connectivity index (χ2n) is 7.98. The van der Waals surface area contributed by atoms with Crippen molar-refractivity contribution in [3.8, 4) is 0 Å². The minimum absolute atomic E-state index is 0.110. The molecule has 25 heavy (non-hydrogen) atoms. The van der Waals surface area contributed by atoms with Crippen LogP contribution in [0.2, 0.25) is 0 Å². The Morgan fingerprint density at radius 2 is 2.04 bits per heavy atom. The average Bonchev–Trinajstić information content (AvgIpc) is 3.18. The standard InChI is InChI=1S/C19H30N4O2/c1-14-6-8-19(9-7-14,21-16(3)24)18(25)23-10-4-5-17(23)13-22-12-15(2)11-20-22/h11-12,14,17H,4-10,13H2,1-3H3,(H,21,24)/t14?,17-,19?/m0/s1. The molecule has 2 fully saturated rings. The maximum atomic E-state index is 13.5. The number of carbonyl (C=O) groups is 2. The largest absolute Gasteiger partial charge is 0.342 e. The highest BCUT2D eigenvalue weighted by Crippen LogP contribution is 2.35. The van der Waals surface area contributed by atoms with Gasteiger partial charge in [-0.25, -0.2) is 0 Å². The first-order valence-electron chi connectivity index (χ1n) is 9.48. The Morgan fingerprint density at radius 3 is 2.64 bits per heavy atom. The van der Waals surface area contributed by atoms with E-state index in [1.807, 2.05) is 28.9 Å². The van der Waals surface area contributed by atoms with Gasteiger partial charge >= 0.3 is 0 Å². The summed E-state index contributed by atoms with van der Waals surface area (Å²) in [6.07, 6.45) is 9.36. The molecule has 1 saturated heterocycles. The second-order valence-corrected chi connectivity index (χ2v) is 7.98. The fraction of sp³-hybridized carbons (Fsp3) is 0.737. The van der Waals surface area contributed by atoms with Gasteiger partial charge in [0.25, 0.3) is 0 Å². The van der Waals surface area contributed by atoms with Gasteiger partial charge in [-0.15, -0.1) is 0 Å². The van der Waals surface area contributed by atoms with Gasteiger partial charge in [-0.2, -0.15) is 5.10 Å². The van der Waals surface area contributed by atoms with Crippen LogP contribution in [0.3, 0.4) is 0 Å². The smallest absolute Gasteiger partial charge is 0.248 e. The molecule has 0 bridgehead atoms. The summed E-state index contributed by atoms with van der Waals surface area (Å²) in [5, 5.41) is 7.40. The van der Waals surface area contributed by atoms with E-state index in [2.05, 4.69) is 17.3 Å². The molecule has 1 N–H and O–H groups in total. The SMILES string of the molecule is CC(=O)NC1(C(=O)N2CCC[C@H]2Cn2cc(C)cn2)CCC(C)CC1. The molecule has 138 valence electrons. The third kappa shape index (κ3) is 3.88. The molecule has 2 aliphatic rings. The number of rotatable bonds is 4. The normalized spacial score (nSPS) is 29.6. The highest BCUT2D eigenvalue weighted by Gasteiger charge is 2.46. The van der Waals surface area contributed by atoms with Crippen molar-refractivity contribution in [1.82, 2.24) is 20.0 Å². The lowest BCUT2D eigenvalue weighted by Crippen LogP contribution is -2.61. The highest BCUT2D eigenvalue weighted by atomic mass is 16.2. The van der Waals surface area contributed by atoms with Gasteiger partial charge in [0.05, 0.1) is 18.8 Å². The van der Waals surface area contributed by atoms with Crippen molar-refractivity contribution >= 4 is 11.8 Å². The van der Waals surface area contributed by atoms with E-state index < -0.39 is 5.54 Å². The van der Waals surface area contributed by atoms with Gasteiger partial charge < -0.3 is 10.2 Å². The van der Waals surface area contributed by atoms with Crippen molar-refractivity contribution in [3.63, 3.8) is 0 Å². The Hall–Kier alpha value is -1.85. The van der Waals surface area contributed by atoms with Crippen LogP contribution in [0, 0.1) is 12.8 Å². The van der Waals surface area contributed by atoms with Crippen molar-refractivity contribution in [2.24, 2.45) is 5.92 Å². The number of amides is 2. The zero-order valence-electron chi connectivity index (χ0n) is 15.6. The predicted octanol–water partition coefficient (Wildman–Crippen LogP) is 2.27. The number of likely N-dealkylation sites (tertiary alicyclic amines) is 1. The lowest BCUT2D eigenvalue weighted by Gasteiger charge is -2.42. The quantitative estimate of drug-likeness (QED) is 0.909. The van der Waals surface area contributed by atoms with Gasteiger partial charge in [0.2, 0.25) is 11.8 Å². The van der Waals surface area contributed by atoms with Crippen LogP contribution < -0.4 is 5.32 Å². The van der Waals surface area contributed by atoms with E-state index in [-0.39, 0.29) is 17.9 Å². The van der Waals surface area contributed by atoms with E-state index in [1.54, 1.807) is 0 Å². The van der Waals surface area contributed by atoms with Gasteiger partial charge in [-0.05, 0) is 56.9 Å². The average molecular weight is 346 g/mol. The van der Waals surface area contributed by atoms with E-state index in [4.69, 9.17) is 0 Å². The molecule has 0 radical (unpaired) electrons. The summed E-state index contributed by atoms with van der Waals surface area (Å²) in [6.45, 7) is 7.27. The first-order valence-corrected chi connectivity index (χ1v) is 9.48. The zero-order chi connectivity index (χ0) is 18.0. The Balaban J connectivity index is 1.76. The molecule has 1 saturated carbocycles. The summed E-state index contributed by atoms with van der Waals surface area (Å²) in [7, 11) is 0. The molecule has 1 atom stereocenters. The van der Waals surface area contributed by atoms with Gasteiger partial charge in [0.1, 0.15) is 5.54 Å². The monoisotopic (exact) mass is 346 g/mol. The first kappa shape index (κ1) is 18.0. The minimum Gasteiger partial charge on any atom is -0.342 e. The summed E-state index contributed by atoms with van der Waals surface area (Å²) in [5.41, 5.74) is 0.424. The molecule has 1 aliphatic carbocycles. The van der Waals surface area contributed by atoms with Gasteiger partial charge in [-0.3, -0.25) is 14.3 Å². The number of aromatic nitrogens is 2. The lowest BCUT2D eigenvalue weighted by atomic mass is 9.76. The summed E-state index contributed by atoms with van der Waals surface area (Å²) < 4.78 is 1.93. The Labute approximate surface area is 149 Å². The summed E-state index contributed by atoms with van der Waals surface area (Å²) in [6, 6.07) is 0.164. The Bertz CT molecular complexity index is 631. The molecule has 0 spiro atoms. The molecule has 1 aromatic rings. The van der Waals surface area contributed by atoms with Crippen molar-refractivity contribution < 1.29 is 9.59 Å². The summed E-state index contributed by atoms with van der Waals surface area (Å²) in [5.74, 6) is 0.624. The molecule has 2 amide bonds. The molecular formula is C19H30N4O2. The third-order valence-electron chi connectivity index (χ3n) is 5.75. The summed E-state index contributed by atoms with van der Waals surface area (Å²) in [4.78, 5) is 27.3. The van der Waals surface area contributed by atoms with E-state index in [1.165, 1.54) is 6.92 Å². The number of aryl methyl sites for hydroxylation is 1. The van der Waals surface area contributed by atoms with Crippen LogP contribution in [0.15, 0.2) is 12.4 Å². The number of nitrogens with one attached hydrogen (secondary N) is 1. The Morgan fingerprint density at radius 1 is 1.32 bits per heavy atom. The van der Waals surface area contributed by atoms with Crippen molar-refractivity contribution in [2.45, 2.75) is 77.4 Å². The number of nitrogens with zero attached hydrogens (tertiary/aromatic N) is 3. The molecule has 3 rings (SSSR count). The molecule has 1 aromatic heterocycles. The maximum Gasteiger partial charge on any atom is 0.248 e. The van der Waals surface area contributed by atoms with E-state index in [0.29, 0.717) is 5.92 Å². The van der Waals surface area contributed by atoms with Crippen LogP contribution in [0.1, 0.15) is 57.9 Å². The molecule has 0 unspecified atom stereocenters. The van der Waals surface area contributed by atoms with Gasteiger partial charge in [0, 0.05) is 19.7 Å². The fourth-order valence-corrected chi connectivity index (χ4v) is 4.33. The summed E-state index contributed by atoms with van der Waals surface area (Å²) >= 11 is 0. The molecule has 0 aromatic carbocycles. The highest BCUT2D eigenvalue weighted by molar-refractivity contribution is 5.91. The molecule has 1 aliphatic heterocycles. The van der Waals surface area contributed by atoms with Crippen LogP contribution in [-0.4, -0.2) is 44.6 Å². The molecule has 6 heteroatoms. The first-order chi connectivity index (χ1) is 11.9. The van der Waals surface area contributed by atoms with Crippen molar-refractivity contribution in [1.29, 1.82) is 0 Å². The van der Waals surface area contributed by atoms with E-state index in [0.717, 1.165) is 57.2 Å². The van der Waals surface area contributed by atoms with Crippen LogP contribution in [0.4, 0.5) is 0 Å². The van der Waals surface area contributed by atoms with Crippen LogP contribution in [0.25, 0.3) is 0 Å². The van der Waals surface area contributed by atoms with Crippen molar-refractivity contribution in [2.75, 3.05) is 6.54 Å². The number of hydrogen-bond donors (Lipinski definition) is 1. The topological polar surface area (TPSA) is 67.2 Å². The van der Waals surface area contributed by atoms with Crippen LogP contribution in [0.5, 0.6) is 0 Å². The molecular weight excluding hydrogens is 316 g/mol. The minimum atomic E-state index is -0.707. The Kier molecular flexibility index (Phi) is 5.16. The van der Waals surface area contributed by atoms with Crippen LogP contribution >= 0.6 is 0 Å². The lowest BCUT2D eigenvalue weighted by molar-refractivity contribution is -0.144. The second kappa shape index (κ2) is 7.18. The van der Waals surface area contributed by atoms with Gasteiger partial charge in [0.15, 0.2) is 0 Å². The van der Waals surface area contributed by atoms with E-state index in [9.17, 15) is 9.59 Å². The van der Waals surface area contributed by atoms with Crippen LogP contribution in [-0.2, 0) is 16.1 Å². The fourth-order valence-electron chi connectivity index (χ4n) is 4.33. The maximum absolute atomic E-state index is 13.5. The number of carbonyl (C=O) groups excluding carboxylic acids is 2. The number of hydrogen-bond acceptors (Lipinski definition) is 3. The van der Waals surface area contributed by atoms with Crippen molar-refractivity contribution in [3.05, 3.63) is 18.0 Å².